The summed E-state index contributed by atoms with van der Waals surface area (Å²) < 4.78 is 2.61. The summed E-state index contributed by atoms with van der Waals surface area (Å²) in [6.45, 7) is 0. The highest BCUT2D eigenvalue weighted by molar-refractivity contribution is 6.26. The van der Waals surface area contributed by atoms with Gasteiger partial charge in [-0.3, -0.25) is 0 Å². The van der Waals surface area contributed by atoms with Gasteiger partial charge in [-0.05, 0) is 89.0 Å². The molecule has 1 nitrogen and oxygen atoms in total. The second kappa shape index (κ2) is 14.4. The first-order chi connectivity index (χ1) is 30.3. The van der Waals surface area contributed by atoms with Gasteiger partial charge in [-0.1, -0.05) is 224 Å². The third-order valence-electron chi connectivity index (χ3n) is 12.5. The molecular weight excluding hydrogens is 735 g/mol. The van der Waals surface area contributed by atoms with Crippen LogP contribution in [0, 0.1) is 0 Å². The molecule has 1 heteroatoms. The Hall–Kier alpha value is -8.00. The quantitative estimate of drug-likeness (QED) is 0.148. The van der Waals surface area contributed by atoms with Crippen LogP contribution >= 0.6 is 0 Å². The Labute approximate surface area is 355 Å². The van der Waals surface area contributed by atoms with Gasteiger partial charge in [0.15, 0.2) is 0 Å². The van der Waals surface area contributed by atoms with Crippen molar-refractivity contribution in [2.75, 3.05) is 0 Å². The number of benzene rings is 11. The standard InChI is InChI=1S/C60H39N/c1-6-22-40(23-7-1)55-47-34-18-20-36-49(47)60(50-37-21-19-35-48(50)55)61-54-39-52-51(38-53(54)58(43-28-12-4-13-29-43)59(61)44-30-14-5-15-31-44)56(41-24-8-2-9-25-41)45-32-16-17-33-46(45)57(52)42-26-10-3-11-27-42/h1-39H. The van der Waals surface area contributed by atoms with Crippen LogP contribution in [0.4, 0.5) is 0 Å². The molecule has 0 aliphatic rings. The van der Waals surface area contributed by atoms with Crippen LogP contribution in [-0.4, -0.2) is 4.57 Å². The number of hydrogen-bond acceptors (Lipinski definition) is 0. The molecule has 0 spiro atoms. The van der Waals surface area contributed by atoms with E-state index in [9.17, 15) is 0 Å². The third-order valence-corrected chi connectivity index (χ3v) is 12.5. The maximum atomic E-state index is 2.61. The van der Waals surface area contributed by atoms with E-state index < -0.39 is 0 Å². The van der Waals surface area contributed by atoms with E-state index in [-0.39, 0.29) is 0 Å². The van der Waals surface area contributed by atoms with Crippen LogP contribution in [0.25, 0.3) is 115 Å². The molecule has 1 aromatic heterocycles. The molecule has 0 fully saturated rings. The zero-order valence-electron chi connectivity index (χ0n) is 33.5. The number of fused-ring (bicyclic) bond motifs is 5. The highest BCUT2D eigenvalue weighted by Gasteiger charge is 2.27. The minimum Gasteiger partial charge on any atom is -0.307 e. The van der Waals surface area contributed by atoms with Gasteiger partial charge in [0.25, 0.3) is 0 Å². The van der Waals surface area contributed by atoms with E-state index in [0.717, 1.165) is 0 Å². The van der Waals surface area contributed by atoms with Crippen molar-refractivity contribution in [3.63, 3.8) is 0 Å². The monoisotopic (exact) mass is 773 g/mol. The van der Waals surface area contributed by atoms with Crippen molar-refractivity contribution >= 4 is 54.0 Å². The minimum atomic E-state index is 1.17. The van der Waals surface area contributed by atoms with Gasteiger partial charge in [0.1, 0.15) is 0 Å². The number of aromatic nitrogens is 1. The van der Waals surface area contributed by atoms with Gasteiger partial charge in [-0.15, -0.1) is 0 Å². The molecule has 0 aliphatic heterocycles. The van der Waals surface area contributed by atoms with Crippen LogP contribution in [0.3, 0.4) is 0 Å². The average molecular weight is 774 g/mol. The predicted molar refractivity (Wildman–Crippen MR) is 260 cm³/mol. The molecule has 12 aromatic rings. The van der Waals surface area contributed by atoms with E-state index >= 15 is 0 Å². The maximum Gasteiger partial charge on any atom is 0.0619 e. The lowest BCUT2D eigenvalue weighted by Gasteiger charge is -2.22. The maximum absolute atomic E-state index is 2.61. The Morgan fingerprint density at radius 1 is 0.213 bits per heavy atom. The Morgan fingerprint density at radius 2 is 0.508 bits per heavy atom. The molecule has 284 valence electrons. The highest BCUT2D eigenvalue weighted by atomic mass is 15.0. The molecule has 12 rings (SSSR count). The van der Waals surface area contributed by atoms with Crippen molar-refractivity contribution in [2.45, 2.75) is 0 Å². The lowest BCUT2D eigenvalue weighted by Crippen LogP contribution is -2.02. The fraction of sp³-hybridized carbons (Fsp3) is 0. The van der Waals surface area contributed by atoms with Crippen LogP contribution in [0.1, 0.15) is 0 Å². The van der Waals surface area contributed by atoms with Gasteiger partial charge in [0.05, 0.1) is 16.9 Å². The molecular formula is C60H39N. The van der Waals surface area contributed by atoms with Crippen LogP contribution in [0.5, 0.6) is 0 Å². The average Bonchev–Trinajstić information content (AvgIpc) is 3.66. The van der Waals surface area contributed by atoms with Gasteiger partial charge >= 0.3 is 0 Å². The summed E-state index contributed by atoms with van der Waals surface area (Å²) in [7, 11) is 0. The van der Waals surface area contributed by atoms with Gasteiger partial charge in [-0.25, -0.2) is 0 Å². The molecule has 61 heavy (non-hydrogen) atoms. The molecule has 0 radical (unpaired) electrons. The number of rotatable bonds is 6. The summed E-state index contributed by atoms with van der Waals surface area (Å²) in [5, 5.41) is 11.0. The van der Waals surface area contributed by atoms with Crippen molar-refractivity contribution in [3.8, 4) is 61.5 Å². The van der Waals surface area contributed by atoms with Crippen molar-refractivity contribution in [3.05, 3.63) is 237 Å². The second-order valence-corrected chi connectivity index (χ2v) is 15.9. The van der Waals surface area contributed by atoms with Crippen molar-refractivity contribution < 1.29 is 0 Å². The minimum absolute atomic E-state index is 1.17. The van der Waals surface area contributed by atoms with E-state index in [0.29, 0.717) is 0 Å². The van der Waals surface area contributed by atoms with E-state index in [1.165, 1.54) is 115 Å². The number of nitrogens with zero attached hydrogens (tertiary/aromatic N) is 1. The molecule has 0 aliphatic carbocycles. The topological polar surface area (TPSA) is 4.93 Å². The lowest BCUT2D eigenvalue weighted by atomic mass is 9.85. The molecule has 0 saturated carbocycles. The Kier molecular flexibility index (Phi) is 8.25. The fourth-order valence-electron chi connectivity index (χ4n) is 10.0. The van der Waals surface area contributed by atoms with Crippen LogP contribution in [-0.2, 0) is 0 Å². The molecule has 0 atom stereocenters. The Balaban J connectivity index is 1.36. The van der Waals surface area contributed by atoms with Crippen molar-refractivity contribution in [1.82, 2.24) is 4.57 Å². The van der Waals surface area contributed by atoms with Crippen molar-refractivity contribution in [2.24, 2.45) is 0 Å². The van der Waals surface area contributed by atoms with E-state index in [1.807, 2.05) is 0 Å². The molecule has 1 heterocycles. The fourth-order valence-corrected chi connectivity index (χ4v) is 10.0. The number of hydrogen-bond donors (Lipinski definition) is 0. The molecule has 0 amide bonds. The highest BCUT2D eigenvalue weighted by Crippen LogP contribution is 2.51. The summed E-state index contributed by atoms with van der Waals surface area (Å²) in [6, 6.07) is 86.9. The zero-order valence-corrected chi connectivity index (χ0v) is 33.5. The van der Waals surface area contributed by atoms with Crippen molar-refractivity contribution in [1.29, 1.82) is 0 Å². The first-order valence-corrected chi connectivity index (χ1v) is 21.1. The van der Waals surface area contributed by atoms with Gasteiger partial charge in [0.2, 0.25) is 0 Å². The summed E-state index contributed by atoms with van der Waals surface area (Å²) >= 11 is 0. The van der Waals surface area contributed by atoms with Crippen LogP contribution in [0.2, 0.25) is 0 Å². The zero-order chi connectivity index (χ0) is 40.3. The van der Waals surface area contributed by atoms with Gasteiger partial charge < -0.3 is 4.57 Å². The van der Waals surface area contributed by atoms with Gasteiger partial charge in [0, 0.05) is 21.7 Å². The smallest absolute Gasteiger partial charge is 0.0619 e. The summed E-state index contributed by atoms with van der Waals surface area (Å²) in [5.41, 5.74) is 14.5. The van der Waals surface area contributed by atoms with E-state index in [1.54, 1.807) is 0 Å². The summed E-state index contributed by atoms with van der Waals surface area (Å²) in [5.74, 6) is 0. The normalized spacial score (nSPS) is 11.6. The van der Waals surface area contributed by atoms with E-state index in [2.05, 4.69) is 241 Å². The predicted octanol–water partition coefficient (Wildman–Crippen LogP) is 16.6. The van der Waals surface area contributed by atoms with E-state index in [4.69, 9.17) is 0 Å². The molecule has 0 unspecified atom stereocenters. The molecule has 11 aromatic carbocycles. The molecule has 0 N–H and O–H groups in total. The first kappa shape index (κ1) is 35.0. The Morgan fingerprint density at radius 3 is 0.918 bits per heavy atom. The van der Waals surface area contributed by atoms with Crippen LogP contribution in [0.15, 0.2) is 237 Å². The lowest BCUT2D eigenvalue weighted by molar-refractivity contribution is 1.16. The second-order valence-electron chi connectivity index (χ2n) is 15.9. The first-order valence-electron chi connectivity index (χ1n) is 21.1. The summed E-state index contributed by atoms with van der Waals surface area (Å²) in [6.07, 6.45) is 0. The Bertz CT molecular complexity index is 3530. The SMILES string of the molecule is c1ccc(-c2c3ccccc3c(-c3ccccc3)c3cc4c(cc23)c(-c2ccccc2)c(-c2ccccc2)n4-c2c3ccccc3c(-c3ccccc3)c3ccccc23)cc1. The van der Waals surface area contributed by atoms with Gasteiger partial charge in [-0.2, -0.15) is 0 Å². The van der Waals surface area contributed by atoms with Crippen LogP contribution < -0.4 is 0 Å². The summed E-state index contributed by atoms with van der Waals surface area (Å²) in [4.78, 5) is 0. The molecule has 0 saturated heterocycles. The molecule has 0 bridgehead atoms. The largest absolute Gasteiger partial charge is 0.307 e. The third kappa shape index (κ3) is 5.55.